The molecule has 0 amide bonds. The second-order valence-corrected chi connectivity index (χ2v) is 2.61. The highest BCUT2D eigenvalue weighted by Crippen LogP contribution is 2.08. The molecule has 0 bridgehead atoms. The van der Waals surface area contributed by atoms with Crippen molar-refractivity contribution in [1.82, 2.24) is 0 Å². The van der Waals surface area contributed by atoms with Gasteiger partial charge in [-0.15, -0.1) is 0 Å². The number of hydrogen-bond donors (Lipinski definition) is 0. The summed E-state index contributed by atoms with van der Waals surface area (Å²) in [6, 6.07) is 0. The zero-order valence-electron chi connectivity index (χ0n) is 6.92. The molecule has 0 saturated carbocycles. The van der Waals surface area contributed by atoms with Crippen LogP contribution in [-0.4, -0.2) is 13.7 Å². The minimum atomic E-state index is 0.762. The first kappa shape index (κ1) is 8.28. The molecule has 1 rings (SSSR count). The molecule has 0 fully saturated rings. The molecule has 0 aromatic heterocycles. The van der Waals surface area contributed by atoms with E-state index in [0.717, 1.165) is 19.4 Å². The maximum atomic E-state index is 5.05. The van der Waals surface area contributed by atoms with E-state index in [1.54, 1.807) is 7.11 Å². The van der Waals surface area contributed by atoms with Crippen LogP contribution in [0.25, 0.3) is 0 Å². The summed E-state index contributed by atoms with van der Waals surface area (Å²) in [5.74, 6) is 0. The van der Waals surface area contributed by atoms with Crippen molar-refractivity contribution in [2.24, 2.45) is 0 Å². The Morgan fingerprint density at radius 2 is 2.27 bits per heavy atom. The van der Waals surface area contributed by atoms with Crippen molar-refractivity contribution in [1.29, 1.82) is 0 Å². The summed E-state index contributed by atoms with van der Waals surface area (Å²) in [7, 11) is 1.74. The van der Waals surface area contributed by atoms with Crippen LogP contribution >= 0.6 is 0 Å². The Morgan fingerprint density at radius 1 is 1.36 bits per heavy atom. The van der Waals surface area contributed by atoms with E-state index in [1.807, 2.05) is 0 Å². The van der Waals surface area contributed by atoms with Crippen molar-refractivity contribution >= 4 is 0 Å². The lowest BCUT2D eigenvalue weighted by molar-refractivity contribution is 0.223. The largest absolute Gasteiger partial charge is 0.380 e. The van der Waals surface area contributed by atoms with Gasteiger partial charge >= 0.3 is 0 Å². The molecule has 0 radical (unpaired) electrons. The predicted octanol–water partition coefficient (Wildman–Crippen LogP) is 2.47. The molecule has 11 heavy (non-hydrogen) atoms. The van der Waals surface area contributed by atoms with Crippen LogP contribution in [0.2, 0.25) is 0 Å². The Hall–Kier alpha value is -0.820. The first-order chi connectivity index (χ1) is 5.43. The van der Waals surface area contributed by atoms with Crippen molar-refractivity contribution in [3.63, 3.8) is 0 Å². The van der Waals surface area contributed by atoms with E-state index >= 15 is 0 Å². The van der Waals surface area contributed by atoms with Crippen LogP contribution in [0.1, 0.15) is 12.8 Å². The van der Waals surface area contributed by atoms with Gasteiger partial charge in [-0.25, -0.2) is 0 Å². The summed E-state index contributed by atoms with van der Waals surface area (Å²) in [5.41, 5.74) is 1.37. The van der Waals surface area contributed by atoms with E-state index in [4.69, 9.17) is 4.74 Å². The lowest BCUT2D eigenvalue weighted by atomic mass is 10.1. The molecule has 1 aliphatic rings. The highest BCUT2D eigenvalue weighted by molar-refractivity contribution is 5.19. The molecule has 0 aliphatic heterocycles. The third kappa shape index (κ3) is 3.19. The van der Waals surface area contributed by atoms with Crippen molar-refractivity contribution in [3.8, 4) is 0 Å². The van der Waals surface area contributed by atoms with Gasteiger partial charge in [0.05, 0.1) is 6.61 Å². The first-order valence-electron chi connectivity index (χ1n) is 3.93. The second kappa shape index (κ2) is 4.91. The maximum Gasteiger partial charge on any atom is 0.0676 e. The SMILES string of the molecule is COC/C1=C/C=C\C=C/CC1. The van der Waals surface area contributed by atoms with E-state index < -0.39 is 0 Å². The Kier molecular flexibility index (Phi) is 3.70. The van der Waals surface area contributed by atoms with Gasteiger partial charge in [0, 0.05) is 7.11 Å². The van der Waals surface area contributed by atoms with E-state index in [2.05, 4.69) is 30.4 Å². The lowest BCUT2D eigenvalue weighted by Gasteiger charge is -2.03. The van der Waals surface area contributed by atoms with Crippen LogP contribution in [-0.2, 0) is 4.74 Å². The average molecular weight is 150 g/mol. The first-order valence-corrected chi connectivity index (χ1v) is 3.93. The fourth-order valence-electron chi connectivity index (χ4n) is 1.09. The van der Waals surface area contributed by atoms with Crippen molar-refractivity contribution in [2.75, 3.05) is 13.7 Å². The van der Waals surface area contributed by atoms with Crippen molar-refractivity contribution in [2.45, 2.75) is 12.8 Å². The molecule has 0 aromatic carbocycles. The minimum Gasteiger partial charge on any atom is -0.380 e. The molecule has 1 nitrogen and oxygen atoms in total. The zero-order valence-corrected chi connectivity index (χ0v) is 6.92. The predicted molar refractivity (Wildman–Crippen MR) is 47.5 cm³/mol. The standard InChI is InChI=1S/C10H14O/c1-11-9-10-7-5-3-2-4-6-8-10/h2-5,7H,6,8-9H2,1H3/b4-2-,5-3-,10-7+. The van der Waals surface area contributed by atoms with Gasteiger partial charge in [0.2, 0.25) is 0 Å². The van der Waals surface area contributed by atoms with E-state index in [1.165, 1.54) is 5.57 Å². The van der Waals surface area contributed by atoms with Gasteiger partial charge in [-0.05, 0) is 18.4 Å². The van der Waals surface area contributed by atoms with Gasteiger partial charge < -0.3 is 4.74 Å². The molecule has 1 heteroatoms. The number of hydrogen-bond acceptors (Lipinski definition) is 1. The van der Waals surface area contributed by atoms with Crippen molar-refractivity contribution < 1.29 is 4.74 Å². The van der Waals surface area contributed by atoms with Gasteiger partial charge in [0.15, 0.2) is 0 Å². The highest BCUT2D eigenvalue weighted by Gasteiger charge is 1.94. The average Bonchev–Trinajstić information content (AvgIpc) is 1.94. The highest BCUT2D eigenvalue weighted by atomic mass is 16.5. The quantitative estimate of drug-likeness (QED) is 0.587. The maximum absolute atomic E-state index is 5.05. The molecule has 60 valence electrons. The second-order valence-electron chi connectivity index (χ2n) is 2.61. The number of rotatable bonds is 2. The van der Waals surface area contributed by atoms with Crippen LogP contribution in [0, 0.1) is 0 Å². The molecule has 1 aliphatic carbocycles. The zero-order chi connectivity index (χ0) is 7.94. The summed E-state index contributed by atoms with van der Waals surface area (Å²) in [6.07, 6.45) is 12.7. The minimum absolute atomic E-state index is 0.762. The summed E-state index contributed by atoms with van der Waals surface area (Å²) in [5, 5.41) is 0. The molecule has 0 spiro atoms. The summed E-state index contributed by atoms with van der Waals surface area (Å²) in [4.78, 5) is 0. The van der Waals surface area contributed by atoms with E-state index in [9.17, 15) is 0 Å². The van der Waals surface area contributed by atoms with Gasteiger partial charge in [0.25, 0.3) is 0 Å². The molecule has 0 unspecified atom stereocenters. The molecule has 0 saturated heterocycles. The van der Waals surface area contributed by atoms with Gasteiger partial charge in [0.1, 0.15) is 0 Å². The monoisotopic (exact) mass is 150 g/mol. The van der Waals surface area contributed by atoms with Crippen LogP contribution in [0.5, 0.6) is 0 Å². The van der Waals surface area contributed by atoms with E-state index in [0.29, 0.717) is 0 Å². The summed E-state index contributed by atoms with van der Waals surface area (Å²) in [6.45, 7) is 0.762. The lowest BCUT2D eigenvalue weighted by Crippen LogP contribution is -1.94. The third-order valence-electron chi connectivity index (χ3n) is 1.65. The fourth-order valence-corrected chi connectivity index (χ4v) is 1.09. The van der Waals surface area contributed by atoms with Crippen molar-refractivity contribution in [3.05, 3.63) is 36.0 Å². The van der Waals surface area contributed by atoms with Crippen LogP contribution in [0.15, 0.2) is 36.0 Å². The van der Waals surface area contributed by atoms with E-state index in [-0.39, 0.29) is 0 Å². The smallest absolute Gasteiger partial charge is 0.0676 e. The summed E-state index contributed by atoms with van der Waals surface area (Å²) < 4.78 is 5.05. The van der Waals surface area contributed by atoms with Crippen LogP contribution in [0.4, 0.5) is 0 Å². The third-order valence-corrected chi connectivity index (χ3v) is 1.65. The fraction of sp³-hybridized carbons (Fsp3) is 0.400. The molecule has 0 aromatic rings. The van der Waals surface area contributed by atoms with Gasteiger partial charge in [-0.3, -0.25) is 0 Å². The molecule has 0 heterocycles. The molecular formula is C10H14O. The Bertz CT molecular complexity index is 187. The van der Waals surface area contributed by atoms with Gasteiger partial charge in [-0.2, -0.15) is 0 Å². The normalized spacial score (nSPS) is 27.9. The molecular weight excluding hydrogens is 136 g/mol. The Balaban J connectivity index is 2.51. The topological polar surface area (TPSA) is 9.23 Å². The van der Waals surface area contributed by atoms with Crippen LogP contribution in [0.3, 0.4) is 0 Å². The Morgan fingerprint density at radius 3 is 3.09 bits per heavy atom. The Labute approximate surface area is 68.1 Å². The molecule has 0 N–H and O–H groups in total. The van der Waals surface area contributed by atoms with Crippen LogP contribution < -0.4 is 0 Å². The van der Waals surface area contributed by atoms with Gasteiger partial charge in [-0.1, -0.05) is 30.4 Å². The number of allylic oxidation sites excluding steroid dienone is 5. The summed E-state index contributed by atoms with van der Waals surface area (Å²) >= 11 is 0. The molecule has 0 atom stereocenters. The number of ether oxygens (including phenoxy) is 1. The number of methoxy groups -OCH3 is 1.